The van der Waals surface area contributed by atoms with Gasteiger partial charge < -0.3 is 19.8 Å². The molecule has 0 heterocycles. The van der Waals surface area contributed by atoms with Crippen molar-refractivity contribution in [3.63, 3.8) is 0 Å². The van der Waals surface area contributed by atoms with E-state index in [9.17, 15) is 14.2 Å². The molecule has 0 aliphatic heterocycles. The first-order valence-electron chi connectivity index (χ1n) is 11.4. The van der Waals surface area contributed by atoms with Crippen molar-refractivity contribution in [2.75, 3.05) is 26.9 Å². The molecule has 0 amide bonds. The first-order chi connectivity index (χ1) is 15.8. The smallest absolute Gasteiger partial charge is 0.323 e. The maximum Gasteiger partial charge on any atom is 0.323 e. The van der Waals surface area contributed by atoms with Crippen molar-refractivity contribution in [1.82, 2.24) is 5.32 Å². The van der Waals surface area contributed by atoms with E-state index in [0.717, 1.165) is 17.5 Å². The highest BCUT2D eigenvalue weighted by Gasteiger charge is 2.25. The number of methoxy groups -OCH3 is 1. The van der Waals surface area contributed by atoms with Crippen molar-refractivity contribution < 1.29 is 23.7 Å². The van der Waals surface area contributed by atoms with Gasteiger partial charge in [0.05, 0.1) is 6.61 Å². The lowest BCUT2D eigenvalue weighted by Crippen LogP contribution is -2.41. The molecular formula is C25H34BClFNO4. The average Bonchev–Trinajstić information content (AvgIpc) is 2.77. The Morgan fingerprint density at radius 3 is 2.61 bits per heavy atom. The number of benzene rings is 2. The maximum atomic E-state index is 14.2. The summed E-state index contributed by atoms with van der Waals surface area (Å²) in [4.78, 5) is 12.5. The number of hydrogen-bond donors (Lipinski definition) is 2. The van der Waals surface area contributed by atoms with Crippen LogP contribution in [0.4, 0.5) is 4.39 Å². The van der Waals surface area contributed by atoms with Crippen LogP contribution in [0.15, 0.2) is 42.5 Å². The molecule has 5 nitrogen and oxygen atoms in total. The van der Waals surface area contributed by atoms with Gasteiger partial charge in [-0.2, -0.15) is 0 Å². The predicted octanol–water partition coefficient (Wildman–Crippen LogP) is 4.87. The van der Waals surface area contributed by atoms with E-state index >= 15 is 0 Å². The van der Waals surface area contributed by atoms with Crippen LogP contribution in [0.25, 0.3) is 11.1 Å². The Morgan fingerprint density at radius 1 is 1.24 bits per heavy atom. The molecule has 0 saturated carbocycles. The summed E-state index contributed by atoms with van der Waals surface area (Å²) >= 11 is 6.02. The lowest BCUT2D eigenvalue weighted by atomic mass is 9.62. The second kappa shape index (κ2) is 14.4. The molecular weight excluding hydrogens is 444 g/mol. The molecule has 0 saturated heterocycles. The van der Waals surface area contributed by atoms with Crippen LogP contribution in [0.5, 0.6) is 0 Å². The molecule has 2 N–H and O–H groups in total. The average molecular weight is 478 g/mol. The van der Waals surface area contributed by atoms with E-state index < -0.39 is 13.0 Å². The fourth-order valence-corrected chi connectivity index (χ4v) is 4.12. The van der Waals surface area contributed by atoms with E-state index in [1.807, 2.05) is 24.3 Å². The number of esters is 1. The number of ether oxygens (including phenoxy) is 2. The Bertz CT molecular complexity index is 866. The van der Waals surface area contributed by atoms with Gasteiger partial charge in [0.2, 0.25) is 0 Å². The monoisotopic (exact) mass is 477 g/mol. The third-order valence-electron chi connectivity index (χ3n) is 5.45. The van der Waals surface area contributed by atoms with E-state index in [4.69, 9.17) is 21.1 Å². The van der Waals surface area contributed by atoms with E-state index in [1.54, 1.807) is 26.9 Å². The molecule has 2 rings (SSSR count). The number of carbonyl (C=O) groups excluding carboxylic acids is 1. The number of hydrogen-bond acceptors (Lipinski definition) is 5. The Kier molecular flexibility index (Phi) is 11.9. The number of halogens is 2. The summed E-state index contributed by atoms with van der Waals surface area (Å²) in [7, 11) is 1.65. The Hall–Kier alpha value is -1.93. The zero-order chi connectivity index (χ0) is 24.2. The van der Waals surface area contributed by atoms with Gasteiger partial charge in [0.15, 0.2) is 0 Å². The lowest BCUT2D eigenvalue weighted by Gasteiger charge is -2.24. The third-order valence-corrected chi connectivity index (χ3v) is 5.68. The molecule has 2 atom stereocenters. The zero-order valence-corrected chi connectivity index (χ0v) is 20.4. The van der Waals surface area contributed by atoms with Crippen molar-refractivity contribution >= 4 is 24.5 Å². The molecule has 0 aliphatic rings. The van der Waals surface area contributed by atoms with Crippen molar-refractivity contribution in [3.8, 4) is 11.1 Å². The fraction of sp³-hybridized carbons (Fsp3) is 0.480. The van der Waals surface area contributed by atoms with Crippen molar-refractivity contribution in [3.05, 3.63) is 58.9 Å². The largest absolute Gasteiger partial charge is 0.465 e. The first-order valence-corrected chi connectivity index (χ1v) is 11.8. The minimum absolute atomic E-state index is 0.0584. The van der Waals surface area contributed by atoms with Crippen LogP contribution in [0.3, 0.4) is 0 Å². The number of carbonyl (C=O) groups is 1. The van der Waals surface area contributed by atoms with E-state index in [2.05, 4.69) is 5.32 Å². The van der Waals surface area contributed by atoms with Crippen LogP contribution in [0, 0.1) is 11.7 Å². The zero-order valence-electron chi connectivity index (χ0n) is 19.7. The summed E-state index contributed by atoms with van der Waals surface area (Å²) in [6.45, 7) is 4.61. The molecule has 0 bridgehead atoms. The number of nitrogens with one attached hydrogen (secondary N) is 1. The highest BCUT2D eigenvalue weighted by Crippen LogP contribution is 2.28. The lowest BCUT2D eigenvalue weighted by molar-refractivity contribution is -0.146. The third kappa shape index (κ3) is 9.45. The first kappa shape index (κ1) is 27.3. The van der Waals surface area contributed by atoms with Gasteiger partial charge in [-0.1, -0.05) is 42.7 Å². The highest BCUT2D eigenvalue weighted by molar-refractivity contribution is 6.48. The van der Waals surface area contributed by atoms with Gasteiger partial charge in [0.25, 0.3) is 6.92 Å². The second-order valence-corrected chi connectivity index (χ2v) is 8.75. The van der Waals surface area contributed by atoms with Gasteiger partial charge in [-0.15, -0.1) is 0 Å². The molecule has 2 aromatic rings. The Labute approximate surface area is 201 Å². The van der Waals surface area contributed by atoms with Crippen LogP contribution in [-0.4, -0.2) is 50.8 Å². The van der Waals surface area contributed by atoms with Gasteiger partial charge >= 0.3 is 5.97 Å². The predicted molar refractivity (Wildman–Crippen MR) is 132 cm³/mol. The highest BCUT2D eigenvalue weighted by atomic mass is 35.5. The summed E-state index contributed by atoms with van der Waals surface area (Å²) in [5.41, 5.74) is 2.25. The van der Waals surface area contributed by atoms with Crippen LogP contribution < -0.4 is 5.32 Å². The molecule has 0 aromatic heterocycles. The quantitative estimate of drug-likeness (QED) is 0.231. The summed E-state index contributed by atoms with van der Waals surface area (Å²) < 4.78 is 24.5. The Balaban J connectivity index is 2.12. The second-order valence-electron chi connectivity index (χ2n) is 8.32. The van der Waals surface area contributed by atoms with Crippen molar-refractivity contribution in [2.45, 2.75) is 45.4 Å². The van der Waals surface area contributed by atoms with Crippen LogP contribution in [-0.2, 0) is 20.7 Å². The van der Waals surface area contributed by atoms with Gasteiger partial charge in [0.1, 0.15) is 11.9 Å². The van der Waals surface area contributed by atoms with Gasteiger partial charge in [-0.25, -0.2) is 4.39 Å². The van der Waals surface area contributed by atoms with Gasteiger partial charge in [-0.3, -0.25) is 4.79 Å². The minimum Gasteiger partial charge on any atom is -0.465 e. The maximum absolute atomic E-state index is 14.2. The molecule has 0 spiro atoms. The Morgan fingerprint density at radius 2 is 1.97 bits per heavy atom. The SMILES string of the molecule is CCOC(=O)[C@@H](C[C@H](CB(C)O)Cc1ccc(-c2cc(Cl)ccc2F)cc1)NCCCOC. The molecule has 0 unspecified atom stereocenters. The van der Waals surface area contributed by atoms with E-state index in [-0.39, 0.29) is 17.7 Å². The molecule has 0 radical (unpaired) electrons. The topological polar surface area (TPSA) is 67.8 Å². The van der Waals surface area contributed by atoms with Crippen molar-refractivity contribution in [1.29, 1.82) is 0 Å². The normalized spacial score (nSPS) is 12.9. The molecule has 0 aliphatic carbocycles. The molecule has 2 aromatic carbocycles. The van der Waals surface area contributed by atoms with Gasteiger partial charge in [0, 0.05) is 24.3 Å². The fourth-order valence-electron chi connectivity index (χ4n) is 3.95. The summed E-state index contributed by atoms with van der Waals surface area (Å²) in [5.74, 6) is -0.545. The molecule has 180 valence electrons. The van der Waals surface area contributed by atoms with Gasteiger partial charge in [-0.05, 0) is 74.3 Å². The van der Waals surface area contributed by atoms with Crippen molar-refractivity contribution in [2.24, 2.45) is 5.92 Å². The summed E-state index contributed by atoms with van der Waals surface area (Å²) in [6, 6.07) is 11.7. The molecule has 8 heteroatoms. The summed E-state index contributed by atoms with van der Waals surface area (Å²) in [6.07, 6.45) is 2.57. The van der Waals surface area contributed by atoms with E-state index in [1.165, 1.54) is 12.1 Å². The van der Waals surface area contributed by atoms with E-state index in [0.29, 0.717) is 49.5 Å². The van der Waals surface area contributed by atoms with Crippen LogP contribution >= 0.6 is 11.6 Å². The molecule has 0 fully saturated rings. The van der Waals surface area contributed by atoms with Crippen LogP contribution in [0.2, 0.25) is 18.2 Å². The standard InChI is InChI=1S/C25H34BClFNO4/c1-4-33-25(30)24(29-12-5-13-32-3)15-19(17-26(2)31)14-18-6-8-20(9-7-18)22-16-21(27)10-11-23(22)28/h6-11,16,19,24,29,31H,4-5,12-15,17H2,1-3H3/t19-,24-/m1/s1. The minimum atomic E-state index is -0.494. The number of rotatable bonds is 14. The van der Waals surface area contributed by atoms with Crippen LogP contribution in [0.1, 0.15) is 25.3 Å². The molecule has 33 heavy (non-hydrogen) atoms. The summed E-state index contributed by atoms with van der Waals surface area (Å²) in [5, 5.41) is 13.8.